The third-order valence-corrected chi connectivity index (χ3v) is 1.89. The topological polar surface area (TPSA) is 20.3 Å². The van der Waals surface area contributed by atoms with Gasteiger partial charge in [-0.3, -0.25) is 4.79 Å². The van der Waals surface area contributed by atoms with Crippen LogP contribution in [0.4, 0.5) is 0 Å². The summed E-state index contributed by atoms with van der Waals surface area (Å²) in [5.74, 6) is 0.0926. The average Bonchev–Trinajstić information content (AvgIpc) is 2.04. The molecule has 1 aromatic rings. The van der Waals surface area contributed by atoms with Gasteiger partial charge in [0.25, 0.3) is 0 Å². The molecule has 14 heavy (non-hydrogen) atoms. The van der Waals surface area contributed by atoms with E-state index in [1.165, 1.54) is 11.8 Å². The molecule has 0 atom stereocenters. The third kappa shape index (κ3) is 6.75. The minimum Gasteiger partial charge on any atom is -0.349 e. The van der Waals surface area contributed by atoms with Gasteiger partial charge >= 0.3 is 0 Å². The van der Waals surface area contributed by atoms with Gasteiger partial charge in [-0.15, -0.1) is 0 Å². The van der Waals surface area contributed by atoms with Crippen molar-refractivity contribution in [2.45, 2.75) is 6.92 Å². The van der Waals surface area contributed by atoms with E-state index in [1.54, 1.807) is 32.3 Å². The summed E-state index contributed by atoms with van der Waals surface area (Å²) >= 11 is 11.1. The zero-order chi connectivity index (χ0) is 11.1. The van der Waals surface area contributed by atoms with E-state index in [9.17, 15) is 4.79 Å². The van der Waals surface area contributed by atoms with Crippen LogP contribution in [0.1, 0.15) is 6.92 Å². The van der Waals surface area contributed by atoms with Crippen LogP contribution in [0.3, 0.4) is 0 Å². The summed E-state index contributed by atoms with van der Waals surface area (Å²) in [4.78, 5) is 11.6. The minimum absolute atomic E-state index is 0.0926. The molecule has 0 heterocycles. The molecule has 0 aliphatic carbocycles. The van der Waals surface area contributed by atoms with Gasteiger partial charge < -0.3 is 4.90 Å². The van der Waals surface area contributed by atoms with E-state index >= 15 is 0 Å². The Kier molecular flexibility index (Phi) is 6.34. The van der Waals surface area contributed by atoms with Crippen LogP contribution in [0.15, 0.2) is 24.3 Å². The normalized spacial score (nSPS) is 8.64. The molecule has 1 amide bonds. The number of carbonyl (C=O) groups is 1. The molecule has 0 saturated carbocycles. The highest BCUT2D eigenvalue weighted by atomic mass is 35.5. The van der Waals surface area contributed by atoms with E-state index in [1.807, 2.05) is 6.07 Å². The summed E-state index contributed by atoms with van der Waals surface area (Å²) in [7, 11) is 3.45. The van der Waals surface area contributed by atoms with Gasteiger partial charge in [0.2, 0.25) is 5.91 Å². The van der Waals surface area contributed by atoms with Gasteiger partial charge in [-0.25, -0.2) is 0 Å². The first-order valence-electron chi connectivity index (χ1n) is 4.02. The molecule has 78 valence electrons. The van der Waals surface area contributed by atoms with E-state index in [2.05, 4.69) is 0 Å². The monoisotopic (exact) mass is 233 g/mol. The summed E-state index contributed by atoms with van der Waals surface area (Å²) in [5.41, 5.74) is 0. The molecule has 1 rings (SSSR count). The van der Waals surface area contributed by atoms with Crippen LogP contribution < -0.4 is 0 Å². The fourth-order valence-corrected chi connectivity index (χ4v) is 0.896. The molecule has 0 N–H and O–H groups in total. The van der Waals surface area contributed by atoms with Crippen molar-refractivity contribution in [2.24, 2.45) is 0 Å². The van der Waals surface area contributed by atoms with E-state index in [4.69, 9.17) is 23.2 Å². The van der Waals surface area contributed by atoms with Crippen LogP contribution in [-0.4, -0.2) is 24.9 Å². The first kappa shape index (κ1) is 13.3. The molecule has 2 nitrogen and oxygen atoms in total. The SMILES string of the molecule is CC(=O)N(C)C.Clc1cccc(Cl)c1. The largest absolute Gasteiger partial charge is 0.349 e. The molecule has 1 aromatic carbocycles. The second-order valence-electron chi connectivity index (χ2n) is 2.85. The summed E-state index contributed by atoms with van der Waals surface area (Å²) in [6.07, 6.45) is 0. The summed E-state index contributed by atoms with van der Waals surface area (Å²) < 4.78 is 0. The molecule has 0 aliphatic heterocycles. The zero-order valence-electron chi connectivity index (χ0n) is 8.42. The number of nitrogens with zero attached hydrogens (tertiary/aromatic N) is 1. The van der Waals surface area contributed by atoms with Crippen LogP contribution in [0, 0.1) is 0 Å². The van der Waals surface area contributed by atoms with Crippen LogP contribution in [0.5, 0.6) is 0 Å². The maximum Gasteiger partial charge on any atom is 0.218 e. The number of amides is 1. The van der Waals surface area contributed by atoms with Crippen molar-refractivity contribution >= 4 is 29.1 Å². The lowest BCUT2D eigenvalue weighted by Gasteiger charge is -2.02. The molecule has 0 spiro atoms. The first-order chi connectivity index (χ1) is 6.43. The molecule has 0 fully saturated rings. The highest BCUT2D eigenvalue weighted by Gasteiger charge is 1.87. The average molecular weight is 234 g/mol. The maximum absolute atomic E-state index is 10.1. The Morgan fingerprint density at radius 3 is 1.71 bits per heavy atom. The van der Waals surface area contributed by atoms with Crippen LogP contribution in [0.25, 0.3) is 0 Å². The van der Waals surface area contributed by atoms with Crippen molar-refractivity contribution < 1.29 is 4.79 Å². The van der Waals surface area contributed by atoms with E-state index in [-0.39, 0.29) is 5.91 Å². The second-order valence-corrected chi connectivity index (χ2v) is 3.73. The van der Waals surface area contributed by atoms with Gasteiger partial charge in [0.05, 0.1) is 0 Å². The van der Waals surface area contributed by atoms with Crippen molar-refractivity contribution in [2.75, 3.05) is 14.1 Å². The van der Waals surface area contributed by atoms with Gasteiger partial charge in [0.15, 0.2) is 0 Å². The Labute approximate surface area is 94.4 Å². The molecule has 0 radical (unpaired) electrons. The number of hydrogen-bond acceptors (Lipinski definition) is 1. The van der Waals surface area contributed by atoms with Crippen LogP contribution in [-0.2, 0) is 4.79 Å². The van der Waals surface area contributed by atoms with Gasteiger partial charge in [-0.05, 0) is 18.2 Å². The van der Waals surface area contributed by atoms with Crippen molar-refractivity contribution in [3.8, 4) is 0 Å². The smallest absolute Gasteiger partial charge is 0.218 e. The molecular formula is C10H13Cl2NO. The number of rotatable bonds is 0. The summed E-state index contributed by atoms with van der Waals surface area (Å²) in [6, 6.07) is 7.08. The number of hydrogen-bond donors (Lipinski definition) is 0. The van der Waals surface area contributed by atoms with Gasteiger partial charge in [0, 0.05) is 31.1 Å². The van der Waals surface area contributed by atoms with Gasteiger partial charge in [0.1, 0.15) is 0 Å². The molecule has 0 aromatic heterocycles. The Morgan fingerprint density at radius 2 is 1.57 bits per heavy atom. The quantitative estimate of drug-likeness (QED) is 0.675. The van der Waals surface area contributed by atoms with Crippen LogP contribution >= 0.6 is 23.2 Å². The fraction of sp³-hybridized carbons (Fsp3) is 0.300. The first-order valence-corrected chi connectivity index (χ1v) is 4.78. The van der Waals surface area contributed by atoms with Crippen LogP contribution in [0.2, 0.25) is 10.0 Å². The fourth-order valence-electron chi connectivity index (χ4n) is 0.460. The van der Waals surface area contributed by atoms with Crippen molar-refractivity contribution in [3.63, 3.8) is 0 Å². The predicted octanol–water partition coefficient (Wildman–Crippen LogP) is 3.09. The summed E-state index contributed by atoms with van der Waals surface area (Å²) in [6.45, 7) is 1.53. The van der Waals surface area contributed by atoms with E-state index < -0.39 is 0 Å². The molecule has 4 heteroatoms. The lowest BCUT2D eigenvalue weighted by atomic mass is 10.4. The lowest BCUT2D eigenvalue weighted by molar-refractivity contribution is -0.126. The highest BCUT2D eigenvalue weighted by Crippen LogP contribution is 2.13. The summed E-state index contributed by atoms with van der Waals surface area (Å²) in [5, 5.41) is 1.36. The van der Waals surface area contributed by atoms with E-state index in [0.717, 1.165) is 0 Å². The van der Waals surface area contributed by atoms with Gasteiger partial charge in [-0.2, -0.15) is 0 Å². The Hall–Kier alpha value is -0.730. The standard InChI is InChI=1S/C6H4Cl2.C4H9NO/c7-5-2-1-3-6(8)4-5;1-4(6)5(2)3/h1-4H;1-3H3. The number of carbonyl (C=O) groups excluding carboxylic acids is 1. The van der Waals surface area contributed by atoms with Crippen molar-refractivity contribution in [1.82, 2.24) is 4.90 Å². The second kappa shape index (κ2) is 6.68. The number of halogens is 2. The lowest BCUT2D eigenvalue weighted by Crippen LogP contribution is -2.17. The van der Waals surface area contributed by atoms with Crippen molar-refractivity contribution in [1.29, 1.82) is 0 Å². The third-order valence-electron chi connectivity index (χ3n) is 1.42. The zero-order valence-corrected chi connectivity index (χ0v) is 9.93. The van der Waals surface area contributed by atoms with Gasteiger partial charge in [-0.1, -0.05) is 29.3 Å². The molecule has 0 aliphatic rings. The highest BCUT2D eigenvalue weighted by molar-refractivity contribution is 6.34. The number of benzene rings is 1. The Balaban J connectivity index is 0.000000255. The molecular weight excluding hydrogens is 221 g/mol. The van der Waals surface area contributed by atoms with E-state index in [0.29, 0.717) is 10.0 Å². The minimum atomic E-state index is 0.0926. The maximum atomic E-state index is 10.1. The molecule has 0 bridgehead atoms. The predicted molar refractivity (Wildman–Crippen MR) is 60.8 cm³/mol. The Morgan fingerprint density at radius 1 is 1.21 bits per heavy atom. The van der Waals surface area contributed by atoms with Crippen molar-refractivity contribution in [3.05, 3.63) is 34.3 Å². The molecule has 0 unspecified atom stereocenters. The molecule has 0 saturated heterocycles. The Bertz CT molecular complexity index is 283.